The van der Waals surface area contributed by atoms with E-state index < -0.39 is 21.7 Å². The third-order valence-electron chi connectivity index (χ3n) is 2.24. The lowest BCUT2D eigenvalue weighted by molar-refractivity contribution is 0.544. The number of hydrogen-bond donors (Lipinski definition) is 2. The minimum absolute atomic E-state index is 0.00116. The zero-order valence-electron chi connectivity index (χ0n) is 9.28. The lowest BCUT2D eigenvalue weighted by Gasteiger charge is -2.15. The van der Waals surface area contributed by atoms with Gasteiger partial charge in [0.15, 0.2) is 0 Å². The molecular weight excluding hydrogens is 267 g/mol. The predicted octanol–water partition coefficient (Wildman–Crippen LogP) is 0.898. The van der Waals surface area contributed by atoms with Crippen LogP contribution in [0.3, 0.4) is 0 Å². The van der Waals surface area contributed by atoms with Gasteiger partial charge in [-0.25, -0.2) is 12.8 Å². The minimum atomic E-state index is -3.16. The largest absolute Gasteiger partial charge is 0.271 e. The summed E-state index contributed by atoms with van der Waals surface area (Å²) in [6.45, 7) is 0. The van der Waals surface area contributed by atoms with E-state index in [1.165, 1.54) is 12.1 Å². The highest BCUT2D eigenvalue weighted by Crippen LogP contribution is 2.21. The van der Waals surface area contributed by atoms with Gasteiger partial charge in [0.1, 0.15) is 15.7 Å². The standard InChI is InChI=1S/C10H14ClFN2O2S/c1-17(15,16)6-8(14-13)5-7-3-2-4-9(12)10(7)11/h2-4,8,14H,5-6,13H2,1H3. The van der Waals surface area contributed by atoms with Crippen LogP contribution in [0.4, 0.5) is 4.39 Å². The van der Waals surface area contributed by atoms with Crippen molar-refractivity contribution in [2.45, 2.75) is 12.5 Å². The van der Waals surface area contributed by atoms with Crippen LogP contribution in [0.25, 0.3) is 0 Å². The molecule has 0 radical (unpaired) electrons. The Morgan fingerprint density at radius 2 is 2.18 bits per heavy atom. The maximum absolute atomic E-state index is 13.2. The van der Waals surface area contributed by atoms with Crippen LogP contribution in [0.15, 0.2) is 18.2 Å². The first-order chi connectivity index (χ1) is 7.83. The van der Waals surface area contributed by atoms with Crippen LogP contribution < -0.4 is 11.3 Å². The molecule has 17 heavy (non-hydrogen) atoms. The number of benzene rings is 1. The summed E-state index contributed by atoms with van der Waals surface area (Å²) in [4.78, 5) is 0. The fourth-order valence-corrected chi connectivity index (χ4v) is 2.65. The molecule has 1 unspecified atom stereocenters. The number of hydrogen-bond acceptors (Lipinski definition) is 4. The second kappa shape index (κ2) is 5.77. The highest BCUT2D eigenvalue weighted by atomic mass is 35.5. The molecule has 7 heteroatoms. The summed E-state index contributed by atoms with van der Waals surface area (Å²) in [5.74, 6) is 4.61. The van der Waals surface area contributed by atoms with Crippen molar-refractivity contribution in [2.24, 2.45) is 5.84 Å². The van der Waals surface area contributed by atoms with Gasteiger partial charge in [0.2, 0.25) is 0 Å². The predicted molar refractivity (Wildman–Crippen MR) is 65.9 cm³/mol. The second-order valence-corrected chi connectivity index (χ2v) is 6.44. The van der Waals surface area contributed by atoms with Crippen molar-refractivity contribution in [1.29, 1.82) is 0 Å². The van der Waals surface area contributed by atoms with Gasteiger partial charge in [-0.15, -0.1) is 0 Å². The van der Waals surface area contributed by atoms with Gasteiger partial charge in [-0.2, -0.15) is 0 Å². The lowest BCUT2D eigenvalue weighted by atomic mass is 10.1. The van der Waals surface area contributed by atoms with E-state index in [1.807, 2.05) is 0 Å². The molecule has 0 amide bonds. The summed E-state index contributed by atoms with van der Waals surface area (Å²) >= 11 is 5.77. The molecule has 0 saturated heterocycles. The maximum atomic E-state index is 13.2. The minimum Gasteiger partial charge on any atom is -0.271 e. The molecule has 4 nitrogen and oxygen atoms in total. The second-order valence-electron chi connectivity index (χ2n) is 3.87. The molecule has 1 aromatic rings. The SMILES string of the molecule is CS(=O)(=O)CC(Cc1cccc(F)c1Cl)NN. The van der Waals surface area contributed by atoms with Crippen LogP contribution in [0.1, 0.15) is 5.56 Å². The van der Waals surface area contributed by atoms with Crippen molar-refractivity contribution in [3.63, 3.8) is 0 Å². The first-order valence-corrected chi connectivity index (χ1v) is 7.34. The van der Waals surface area contributed by atoms with Gasteiger partial charge >= 0.3 is 0 Å². The van der Waals surface area contributed by atoms with E-state index in [9.17, 15) is 12.8 Å². The van der Waals surface area contributed by atoms with E-state index in [0.717, 1.165) is 6.26 Å². The van der Waals surface area contributed by atoms with Crippen molar-refractivity contribution >= 4 is 21.4 Å². The summed E-state index contributed by atoms with van der Waals surface area (Å²) in [6, 6.07) is 3.90. The fourth-order valence-electron chi connectivity index (χ4n) is 1.50. The zero-order chi connectivity index (χ0) is 13.1. The van der Waals surface area contributed by atoms with Gasteiger partial charge in [-0.1, -0.05) is 23.7 Å². The molecule has 1 rings (SSSR count). The molecule has 3 N–H and O–H groups in total. The van der Waals surface area contributed by atoms with E-state index in [0.29, 0.717) is 5.56 Å². The first-order valence-electron chi connectivity index (χ1n) is 4.90. The number of halogens is 2. The Labute approximate surface area is 105 Å². The van der Waals surface area contributed by atoms with Crippen molar-refractivity contribution in [1.82, 2.24) is 5.43 Å². The highest BCUT2D eigenvalue weighted by molar-refractivity contribution is 7.90. The third-order valence-corrected chi connectivity index (χ3v) is 3.67. The van der Waals surface area contributed by atoms with Gasteiger partial charge in [-0.3, -0.25) is 11.3 Å². The average Bonchev–Trinajstić information content (AvgIpc) is 2.21. The summed E-state index contributed by atoms with van der Waals surface area (Å²) in [7, 11) is -3.16. The Morgan fingerprint density at radius 1 is 1.53 bits per heavy atom. The van der Waals surface area contributed by atoms with Gasteiger partial charge in [0, 0.05) is 12.3 Å². The summed E-state index contributed by atoms with van der Waals surface area (Å²) in [6.07, 6.45) is 1.37. The Kier molecular flexibility index (Phi) is 4.88. The average molecular weight is 281 g/mol. The number of nitrogens with one attached hydrogen (secondary N) is 1. The highest BCUT2D eigenvalue weighted by Gasteiger charge is 2.16. The number of sulfone groups is 1. The van der Waals surface area contributed by atoms with Crippen molar-refractivity contribution in [3.8, 4) is 0 Å². The Bertz CT molecular complexity index is 493. The fraction of sp³-hybridized carbons (Fsp3) is 0.400. The molecule has 1 atom stereocenters. The summed E-state index contributed by atoms with van der Waals surface area (Å²) in [5.41, 5.74) is 2.92. The molecule has 0 aliphatic carbocycles. The number of rotatable bonds is 5. The summed E-state index contributed by atoms with van der Waals surface area (Å²) in [5, 5.41) is 0.00116. The van der Waals surface area contributed by atoms with Crippen LogP contribution in [0, 0.1) is 5.82 Å². The molecule has 0 saturated carbocycles. The normalized spacial score (nSPS) is 13.6. The van der Waals surface area contributed by atoms with E-state index in [4.69, 9.17) is 17.4 Å². The topological polar surface area (TPSA) is 72.2 Å². The zero-order valence-corrected chi connectivity index (χ0v) is 10.9. The first kappa shape index (κ1) is 14.4. The van der Waals surface area contributed by atoms with Crippen LogP contribution in [-0.4, -0.2) is 26.5 Å². The summed E-state index contributed by atoms with van der Waals surface area (Å²) < 4.78 is 35.4. The Morgan fingerprint density at radius 3 is 2.71 bits per heavy atom. The molecule has 0 spiro atoms. The quantitative estimate of drug-likeness (QED) is 0.621. The molecule has 0 bridgehead atoms. The Balaban J connectivity index is 2.85. The van der Waals surface area contributed by atoms with Crippen LogP contribution >= 0.6 is 11.6 Å². The molecule has 0 aromatic heterocycles. The maximum Gasteiger partial charge on any atom is 0.149 e. The van der Waals surface area contributed by atoms with Crippen molar-refractivity contribution in [2.75, 3.05) is 12.0 Å². The van der Waals surface area contributed by atoms with E-state index >= 15 is 0 Å². The number of nitrogens with two attached hydrogens (primary N) is 1. The molecule has 0 aliphatic heterocycles. The Hall–Kier alpha value is -0.690. The van der Waals surface area contributed by atoms with E-state index in [-0.39, 0.29) is 17.2 Å². The number of hydrazine groups is 1. The van der Waals surface area contributed by atoms with Crippen molar-refractivity contribution in [3.05, 3.63) is 34.6 Å². The van der Waals surface area contributed by atoms with Gasteiger partial charge in [-0.05, 0) is 18.1 Å². The third kappa shape index (κ3) is 4.59. The lowest BCUT2D eigenvalue weighted by Crippen LogP contribution is -2.41. The molecule has 1 aromatic carbocycles. The van der Waals surface area contributed by atoms with Crippen LogP contribution in [0.2, 0.25) is 5.02 Å². The van der Waals surface area contributed by atoms with E-state index in [2.05, 4.69) is 5.43 Å². The monoisotopic (exact) mass is 280 g/mol. The smallest absolute Gasteiger partial charge is 0.149 e. The van der Waals surface area contributed by atoms with E-state index in [1.54, 1.807) is 6.07 Å². The molecule has 96 valence electrons. The van der Waals surface area contributed by atoms with Crippen molar-refractivity contribution < 1.29 is 12.8 Å². The van der Waals surface area contributed by atoms with Gasteiger partial charge in [0.05, 0.1) is 10.8 Å². The molecule has 0 heterocycles. The van der Waals surface area contributed by atoms with Crippen LogP contribution in [0.5, 0.6) is 0 Å². The molecule has 0 fully saturated rings. The van der Waals surface area contributed by atoms with Gasteiger partial charge < -0.3 is 0 Å². The van der Waals surface area contributed by atoms with Gasteiger partial charge in [0.25, 0.3) is 0 Å². The van der Waals surface area contributed by atoms with Crippen LogP contribution in [-0.2, 0) is 16.3 Å². The molecular formula is C10H14ClFN2O2S. The molecule has 0 aliphatic rings.